The molecule has 0 saturated carbocycles. The molecule has 0 spiro atoms. The van der Waals surface area contributed by atoms with E-state index in [1.165, 1.54) is 6.42 Å². The minimum atomic E-state index is -0.500. The monoisotopic (exact) mass is 262 g/mol. The van der Waals surface area contributed by atoms with Crippen molar-refractivity contribution >= 4 is 0 Å². The van der Waals surface area contributed by atoms with Gasteiger partial charge in [0.05, 0.1) is 12.3 Å². The van der Waals surface area contributed by atoms with Gasteiger partial charge < -0.3 is 14.4 Å². The second-order valence-corrected chi connectivity index (χ2v) is 5.21. The molecule has 1 aliphatic heterocycles. The zero-order valence-corrected chi connectivity index (χ0v) is 11.3. The van der Waals surface area contributed by atoms with Crippen LogP contribution in [-0.4, -0.2) is 29.1 Å². The van der Waals surface area contributed by atoms with Gasteiger partial charge in [-0.05, 0) is 57.3 Å². The van der Waals surface area contributed by atoms with Crippen LogP contribution in [0.1, 0.15) is 50.4 Å². The summed E-state index contributed by atoms with van der Waals surface area (Å²) >= 11 is 0. The average molecular weight is 262 g/mol. The van der Waals surface area contributed by atoms with Crippen LogP contribution in [0.5, 0.6) is 0 Å². The molecule has 0 aromatic carbocycles. The smallest absolute Gasteiger partial charge is 0.132 e. The van der Waals surface area contributed by atoms with E-state index in [1.54, 1.807) is 6.26 Å². The number of aliphatic hydroxyl groups excluding tert-OH is 1. The second-order valence-electron chi connectivity index (χ2n) is 5.21. The van der Waals surface area contributed by atoms with E-state index in [1.807, 2.05) is 12.1 Å². The summed E-state index contributed by atoms with van der Waals surface area (Å²) in [6.07, 6.45) is 6.89. The zero-order valence-electron chi connectivity index (χ0n) is 11.3. The lowest BCUT2D eigenvalue weighted by Crippen LogP contribution is -2.31. The number of aliphatic hydroxyl groups is 1. The number of furan rings is 1. The molecule has 1 N–H and O–H groups in total. The Morgan fingerprint density at radius 1 is 1.53 bits per heavy atom. The largest absolute Gasteiger partial charge is 0.467 e. The Morgan fingerprint density at radius 2 is 2.42 bits per heavy atom. The third-order valence-corrected chi connectivity index (χ3v) is 3.85. The number of hydrogen-bond acceptors (Lipinski definition) is 4. The average Bonchev–Trinajstić information content (AvgIpc) is 3.06. The highest BCUT2D eigenvalue weighted by Gasteiger charge is 2.27. The molecule has 4 nitrogen and oxygen atoms in total. The summed E-state index contributed by atoms with van der Waals surface area (Å²) in [6, 6.07) is 6.27. The SMILES string of the molecule is N#CCCCCN1CCCC1CC(O)c1ccco1. The van der Waals surface area contributed by atoms with Crippen LogP contribution in [0.25, 0.3) is 0 Å². The van der Waals surface area contributed by atoms with Crippen LogP contribution in [0.4, 0.5) is 0 Å². The number of rotatable bonds is 7. The van der Waals surface area contributed by atoms with Crippen molar-refractivity contribution in [3.8, 4) is 6.07 Å². The highest BCUT2D eigenvalue weighted by atomic mass is 16.4. The minimum absolute atomic E-state index is 0.446. The quantitative estimate of drug-likeness (QED) is 0.768. The number of likely N-dealkylation sites (tertiary alicyclic amines) is 1. The Bertz CT molecular complexity index is 397. The molecule has 0 radical (unpaired) electrons. The van der Waals surface area contributed by atoms with Crippen LogP contribution in [-0.2, 0) is 0 Å². The first-order valence-electron chi connectivity index (χ1n) is 7.13. The normalized spacial score (nSPS) is 21.4. The number of nitrogens with zero attached hydrogens (tertiary/aromatic N) is 2. The summed E-state index contributed by atoms with van der Waals surface area (Å²) in [5.41, 5.74) is 0. The van der Waals surface area contributed by atoms with E-state index in [0.717, 1.165) is 38.8 Å². The molecule has 2 unspecified atom stereocenters. The summed E-state index contributed by atoms with van der Waals surface area (Å²) in [4.78, 5) is 2.45. The standard InChI is InChI=1S/C15H22N2O2/c16-8-2-1-3-9-17-10-4-6-13(17)12-14(18)15-7-5-11-19-15/h5,7,11,13-14,18H,1-4,6,9-10,12H2. The highest BCUT2D eigenvalue weighted by Crippen LogP contribution is 2.27. The van der Waals surface area contributed by atoms with Crippen LogP contribution in [0.15, 0.2) is 22.8 Å². The molecule has 4 heteroatoms. The zero-order chi connectivity index (χ0) is 13.5. The molecule has 2 rings (SSSR count). The molecule has 0 bridgehead atoms. The maximum absolute atomic E-state index is 10.1. The van der Waals surface area contributed by atoms with Gasteiger partial charge in [0.15, 0.2) is 0 Å². The molecule has 2 atom stereocenters. The van der Waals surface area contributed by atoms with Crippen molar-refractivity contribution in [2.45, 2.75) is 50.7 Å². The molecule has 1 saturated heterocycles. The maximum Gasteiger partial charge on any atom is 0.132 e. The Hall–Kier alpha value is -1.31. The van der Waals surface area contributed by atoms with Crippen LogP contribution in [0, 0.1) is 11.3 Å². The summed E-state index contributed by atoms with van der Waals surface area (Å²) in [7, 11) is 0. The summed E-state index contributed by atoms with van der Waals surface area (Å²) in [5.74, 6) is 0.663. The van der Waals surface area contributed by atoms with Gasteiger partial charge in [0.2, 0.25) is 0 Å². The number of unbranched alkanes of at least 4 members (excludes halogenated alkanes) is 2. The molecule has 0 amide bonds. The predicted octanol–water partition coefficient (Wildman–Crippen LogP) is 2.86. The lowest BCUT2D eigenvalue weighted by molar-refractivity contribution is 0.101. The Kier molecular flexibility index (Phi) is 5.44. The van der Waals surface area contributed by atoms with E-state index in [-0.39, 0.29) is 0 Å². The first kappa shape index (κ1) is 14.1. The van der Waals surface area contributed by atoms with Crippen LogP contribution in [0.3, 0.4) is 0 Å². The third-order valence-electron chi connectivity index (χ3n) is 3.85. The highest BCUT2D eigenvalue weighted by molar-refractivity contribution is 5.02. The van der Waals surface area contributed by atoms with Crippen LogP contribution in [0.2, 0.25) is 0 Å². The Labute approximate surface area is 114 Å². The summed E-state index contributed by atoms with van der Waals surface area (Å²) in [6.45, 7) is 2.15. The van der Waals surface area contributed by atoms with Crippen molar-refractivity contribution in [2.24, 2.45) is 0 Å². The number of nitriles is 1. The fourth-order valence-corrected chi connectivity index (χ4v) is 2.83. The molecular weight excluding hydrogens is 240 g/mol. The van der Waals surface area contributed by atoms with Gasteiger partial charge in [-0.2, -0.15) is 5.26 Å². The first-order valence-corrected chi connectivity index (χ1v) is 7.13. The van der Waals surface area contributed by atoms with E-state index < -0.39 is 6.10 Å². The Morgan fingerprint density at radius 3 is 3.16 bits per heavy atom. The van der Waals surface area contributed by atoms with Crippen molar-refractivity contribution in [1.82, 2.24) is 4.90 Å². The van der Waals surface area contributed by atoms with Crippen molar-refractivity contribution in [3.63, 3.8) is 0 Å². The topological polar surface area (TPSA) is 60.4 Å². The molecule has 1 aromatic heterocycles. The molecule has 0 aliphatic carbocycles. The lowest BCUT2D eigenvalue weighted by atomic mass is 10.0. The summed E-state index contributed by atoms with van der Waals surface area (Å²) < 4.78 is 5.25. The van der Waals surface area contributed by atoms with Gasteiger partial charge in [-0.3, -0.25) is 0 Å². The van der Waals surface area contributed by atoms with Gasteiger partial charge in [0.1, 0.15) is 11.9 Å². The van der Waals surface area contributed by atoms with Gasteiger partial charge in [-0.1, -0.05) is 0 Å². The van der Waals surface area contributed by atoms with Crippen molar-refractivity contribution < 1.29 is 9.52 Å². The molecule has 2 heterocycles. The molecular formula is C15H22N2O2. The second kappa shape index (κ2) is 7.32. The van der Waals surface area contributed by atoms with Gasteiger partial charge in [0, 0.05) is 12.5 Å². The predicted molar refractivity (Wildman–Crippen MR) is 72.3 cm³/mol. The van der Waals surface area contributed by atoms with Gasteiger partial charge >= 0.3 is 0 Å². The maximum atomic E-state index is 10.1. The van der Waals surface area contributed by atoms with Crippen molar-refractivity contribution in [2.75, 3.05) is 13.1 Å². The van der Waals surface area contributed by atoms with Gasteiger partial charge in [-0.15, -0.1) is 0 Å². The molecule has 104 valence electrons. The summed E-state index contributed by atoms with van der Waals surface area (Å²) in [5, 5.41) is 18.7. The van der Waals surface area contributed by atoms with Gasteiger partial charge in [0.25, 0.3) is 0 Å². The molecule has 1 fully saturated rings. The van der Waals surface area contributed by atoms with Crippen LogP contribution < -0.4 is 0 Å². The van der Waals surface area contributed by atoms with E-state index in [2.05, 4.69) is 11.0 Å². The first-order chi connectivity index (χ1) is 9.31. The van der Waals surface area contributed by atoms with E-state index in [9.17, 15) is 5.11 Å². The van der Waals surface area contributed by atoms with Crippen molar-refractivity contribution in [1.29, 1.82) is 5.26 Å². The number of hydrogen-bond donors (Lipinski definition) is 1. The lowest BCUT2D eigenvalue weighted by Gasteiger charge is -2.25. The van der Waals surface area contributed by atoms with E-state index >= 15 is 0 Å². The molecule has 1 aromatic rings. The van der Waals surface area contributed by atoms with Gasteiger partial charge in [-0.25, -0.2) is 0 Å². The fraction of sp³-hybridized carbons (Fsp3) is 0.667. The molecule has 19 heavy (non-hydrogen) atoms. The van der Waals surface area contributed by atoms with E-state index in [0.29, 0.717) is 18.2 Å². The molecule has 1 aliphatic rings. The van der Waals surface area contributed by atoms with Crippen molar-refractivity contribution in [3.05, 3.63) is 24.2 Å². The van der Waals surface area contributed by atoms with Crippen LogP contribution >= 0.6 is 0 Å². The minimum Gasteiger partial charge on any atom is -0.467 e. The van der Waals surface area contributed by atoms with E-state index in [4.69, 9.17) is 9.68 Å². The Balaban J connectivity index is 1.77. The third kappa shape index (κ3) is 4.09. The fourth-order valence-electron chi connectivity index (χ4n) is 2.83.